The highest BCUT2D eigenvalue weighted by Crippen LogP contribution is 2.36. The number of thiazole rings is 1. The van der Waals surface area contributed by atoms with Crippen molar-refractivity contribution < 1.29 is 4.79 Å². The number of fused-ring (bicyclic) bond motifs is 1. The van der Waals surface area contributed by atoms with Gasteiger partial charge in [-0.05, 0) is 42.7 Å². The number of aromatic nitrogens is 1. The van der Waals surface area contributed by atoms with Gasteiger partial charge in [0, 0.05) is 12.6 Å². The fraction of sp³-hybridized carbons (Fsp3) is 0.190. The highest BCUT2D eigenvalue weighted by molar-refractivity contribution is 7.18. The van der Waals surface area contributed by atoms with Crippen LogP contribution in [0.5, 0.6) is 0 Å². The van der Waals surface area contributed by atoms with Crippen LogP contribution in [0.25, 0.3) is 16.3 Å². The summed E-state index contributed by atoms with van der Waals surface area (Å²) in [6.45, 7) is 0.740. The van der Waals surface area contributed by atoms with Crippen molar-refractivity contribution in [2.45, 2.75) is 18.9 Å². The number of likely N-dealkylation sites (tertiary alicyclic amines) is 1. The summed E-state index contributed by atoms with van der Waals surface area (Å²) in [5.41, 5.74) is 2.32. The van der Waals surface area contributed by atoms with Gasteiger partial charge in [0.25, 0.3) is 0 Å². The van der Waals surface area contributed by atoms with Crippen LogP contribution in [-0.4, -0.2) is 22.3 Å². The number of hydrogen-bond acceptors (Lipinski definition) is 4. The number of amides is 1. The number of para-hydroxylation sites is 1. The first kappa shape index (κ1) is 16.5. The van der Waals surface area contributed by atoms with Gasteiger partial charge in [-0.15, -0.1) is 11.3 Å². The summed E-state index contributed by atoms with van der Waals surface area (Å²) in [4.78, 5) is 19.4. The van der Waals surface area contributed by atoms with Gasteiger partial charge in [-0.25, -0.2) is 4.98 Å². The minimum Gasteiger partial charge on any atom is -0.330 e. The Morgan fingerprint density at radius 2 is 2.04 bits per heavy atom. The van der Waals surface area contributed by atoms with E-state index in [1.807, 2.05) is 41.3 Å². The molecule has 0 N–H and O–H groups in total. The van der Waals surface area contributed by atoms with Crippen LogP contribution in [0.15, 0.2) is 54.6 Å². The molecule has 1 fully saturated rings. The Morgan fingerprint density at radius 3 is 2.88 bits per heavy atom. The van der Waals surface area contributed by atoms with Crippen LogP contribution in [0.1, 0.15) is 35.0 Å². The number of nitriles is 1. The monoisotopic (exact) mass is 359 g/mol. The van der Waals surface area contributed by atoms with E-state index in [0.29, 0.717) is 5.56 Å². The largest absolute Gasteiger partial charge is 0.330 e. The number of nitrogens with zero attached hydrogens (tertiary/aromatic N) is 3. The molecule has 0 saturated carbocycles. The summed E-state index contributed by atoms with van der Waals surface area (Å²) in [5.74, 6) is -0.0282. The SMILES string of the molecule is N#Cc1ccccc1/C=C/C(=O)N1CCCC1c1nc2ccccc2s1. The van der Waals surface area contributed by atoms with Crippen LogP contribution in [0.3, 0.4) is 0 Å². The fourth-order valence-corrected chi connectivity index (χ4v) is 4.44. The number of carbonyl (C=O) groups is 1. The minimum atomic E-state index is -0.0282. The number of carbonyl (C=O) groups excluding carboxylic acids is 1. The molecule has 1 unspecified atom stereocenters. The average molecular weight is 359 g/mol. The van der Waals surface area contributed by atoms with Gasteiger partial charge in [-0.1, -0.05) is 30.3 Å². The molecule has 1 aliphatic rings. The predicted molar refractivity (Wildman–Crippen MR) is 103 cm³/mol. The number of rotatable bonds is 3. The Bertz CT molecular complexity index is 998. The number of benzene rings is 2. The third-order valence-corrected chi connectivity index (χ3v) is 5.76. The standard InChI is InChI=1S/C21H17N3OS/c22-14-16-7-2-1-6-15(16)11-12-20(25)24-13-5-9-18(24)21-23-17-8-3-4-10-19(17)26-21/h1-4,6-8,10-12,18H,5,9,13H2/b12-11+. The van der Waals surface area contributed by atoms with Crippen molar-refractivity contribution in [2.24, 2.45) is 0 Å². The Labute approximate surface area is 156 Å². The van der Waals surface area contributed by atoms with Gasteiger partial charge in [-0.2, -0.15) is 5.26 Å². The van der Waals surface area contributed by atoms with E-state index in [2.05, 4.69) is 12.1 Å². The van der Waals surface area contributed by atoms with E-state index in [1.54, 1.807) is 29.6 Å². The van der Waals surface area contributed by atoms with E-state index < -0.39 is 0 Å². The average Bonchev–Trinajstić information content (AvgIpc) is 3.32. The van der Waals surface area contributed by atoms with Gasteiger partial charge in [0.1, 0.15) is 5.01 Å². The molecular weight excluding hydrogens is 342 g/mol. The van der Waals surface area contributed by atoms with Crippen LogP contribution in [-0.2, 0) is 4.79 Å². The summed E-state index contributed by atoms with van der Waals surface area (Å²) >= 11 is 1.66. The first-order chi connectivity index (χ1) is 12.8. The third kappa shape index (κ3) is 3.12. The molecular formula is C21H17N3OS. The van der Waals surface area contributed by atoms with Gasteiger partial charge in [0.05, 0.1) is 27.9 Å². The second-order valence-corrected chi connectivity index (χ2v) is 7.30. The maximum Gasteiger partial charge on any atom is 0.247 e. The molecule has 0 bridgehead atoms. The molecule has 4 rings (SSSR count). The molecule has 3 aromatic rings. The summed E-state index contributed by atoms with van der Waals surface area (Å²) in [5, 5.41) is 10.2. The quantitative estimate of drug-likeness (QED) is 0.645. The Kier molecular flexibility index (Phi) is 4.51. The van der Waals surface area contributed by atoms with E-state index in [0.717, 1.165) is 40.2 Å². The Hall–Kier alpha value is -2.97. The zero-order chi connectivity index (χ0) is 17.9. The molecule has 2 heterocycles. The molecule has 1 atom stereocenters. The van der Waals surface area contributed by atoms with Crippen molar-refractivity contribution in [1.29, 1.82) is 5.26 Å². The topological polar surface area (TPSA) is 57.0 Å². The number of hydrogen-bond donors (Lipinski definition) is 0. The minimum absolute atomic E-state index is 0.0282. The van der Waals surface area contributed by atoms with Crippen LogP contribution in [0.2, 0.25) is 0 Å². The summed E-state index contributed by atoms with van der Waals surface area (Å²) in [6, 6.07) is 17.5. The highest BCUT2D eigenvalue weighted by Gasteiger charge is 2.31. The Morgan fingerprint density at radius 1 is 1.23 bits per heavy atom. The third-order valence-electron chi connectivity index (χ3n) is 4.62. The lowest BCUT2D eigenvalue weighted by atomic mass is 10.1. The van der Waals surface area contributed by atoms with Crippen LogP contribution in [0, 0.1) is 11.3 Å². The zero-order valence-electron chi connectivity index (χ0n) is 14.1. The first-order valence-electron chi connectivity index (χ1n) is 8.59. The van der Waals surface area contributed by atoms with E-state index >= 15 is 0 Å². The van der Waals surface area contributed by atoms with Crippen molar-refractivity contribution in [3.8, 4) is 6.07 Å². The predicted octanol–water partition coefficient (Wildman–Crippen LogP) is 4.54. The lowest BCUT2D eigenvalue weighted by Crippen LogP contribution is -2.28. The van der Waals surface area contributed by atoms with Crippen molar-refractivity contribution in [3.63, 3.8) is 0 Å². The zero-order valence-corrected chi connectivity index (χ0v) is 14.9. The molecule has 26 heavy (non-hydrogen) atoms. The van der Waals surface area contributed by atoms with E-state index in [-0.39, 0.29) is 11.9 Å². The summed E-state index contributed by atoms with van der Waals surface area (Å²) < 4.78 is 1.15. The molecule has 1 saturated heterocycles. The van der Waals surface area contributed by atoms with Crippen LogP contribution in [0.4, 0.5) is 0 Å². The molecule has 0 radical (unpaired) electrons. The smallest absolute Gasteiger partial charge is 0.247 e. The fourth-order valence-electron chi connectivity index (χ4n) is 3.32. The second-order valence-electron chi connectivity index (χ2n) is 6.24. The van der Waals surface area contributed by atoms with Crippen LogP contribution >= 0.6 is 11.3 Å². The van der Waals surface area contributed by atoms with Gasteiger partial charge in [0.15, 0.2) is 0 Å². The van der Waals surface area contributed by atoms with Gasteiger partial charge >= 0.3 is 0 Å². The summed E-state index contributed by atoms with van der Waals surface area (Å²) in [7, 11) is 0. The van der Waals surface area contributed by atoms with Crippen LogP contribution < -0.4 is 0 Å². The molecule has 1 aliphatic heterocycles. The molecule has 4 nitrogen and oxygen atoms in total. The molecule has 0 aliphatic carbocycles. The molecule has 0 spiro atoms. The van der Waals surface area contributed by atoms with Gasteiger partial charge < -0.3 is 4.90 Å². The van der Waals surface area contributed by atoms with Gasteiger partial charge in [0.2, 0.25) is 5.91 Å². The highest BCUT2D eigenvalue weighted by atomic mass is 32.1. The summed E-state index contributed by atoms with van der Waals surface area (Å²) in [6.07, 6.45) is 5.22. The maximum atomic E-state index is 12.8. The molecule has 2 aromatic carbocycles. The molecule has 128 valence electrons. The molecule has 1 aromatic heterocycles. The first-order valence-corrected chi connectivity index (χ1v) is 9.41. The van der Waals surface area contributed by atoms with Crippen molar-refractivity contribution in [1.82, 2.24) is 9.88 Å². The maximum absolute atomic E-state index is 12.8. The van der Waals surface area contributed by atoms with Gasteiger partial charge in [-0.3, -0.25) is 4.79 Å². The van der Waals surface area contributed by atoms with Crippen molar-refractivity contribution >= 4 is 33.5 Å². The van der Waals surface area contributed by atoms with E-state index in [4.69, 9.17) is 10.2 Å². The Balaban J connectivity index is 1.57. The van der Waals surface area contributed by atoms with Crippen molar-refractivity contribution in [3.05, 3.63) is 70.7 Å². The van der Waals surface area contributed by atoms with E-state index in [9.17, 15) is 4.79 Å². The van der Waals surface area contributed by atoms with E-state index in [1.165, 1.54) is 0 Å². The van der Waals surface area contributed by atoms with Crippen molar-refractivity contribution in [2.75, 3.05) is 6.54 Å². The molecule has 5 heteroatoms. The normalized spacial score (nSPS) is 17.0. The lowest BCUT2D eigenvalue weighted by molar-refractivity contribution is -0.126. The lowest BCUT2D eigenvalue weighted by Gasteiger charge is -2.21. The second kappa shape index (κ2) is 7.11. The molecule has 1 amide bonds.